The van der Waals surface area contributed by atoms with E-state index in [1.165, 1.54) is 0 Å². The SMILES string of the molecule is CNC1CCCN(C(N)=O)CC1. The van der Waals surface area contributed by atoms with E-state index < -0.39 is 0 Å². The molecule has 1 unspecified atom stereocenters. The smallest absolute Gasteiger partial charge is 0.314 e. The molecule has 2 amide bonds. The molecule has 3 N–H and O–H groups in total. The van der Waals surface area contributed by atoms with Gasteiger partial charge in [-0.05, 0) is 26.3 Å². The van der Waals surface area contributed by atoms with Crippen LogP contribution in [0.5, 0.6) is 0 Å². The third kappa shape index (κ3) is 2.37. The summed E-state index contributed by atoms with van der Waals surface area (Å²) in [5, 5.41) is 3.22. The van der Waals surface area contributed by atoms with Gasteiger partial charge in [-0.25, -0.2) is 4.79 Å². The molecular weight excluding hydrogens is 154 g/mol. The maximum atomic E-state index is 10.8. The van der Waals surface area contributed by atoms with Crippen molar-refractivity contribution in [3.8, 4) is 0 Å². The van der Waals surface area contributed by atoms with Crippen LogP contribution in [-0.2, 0) is 0 Å². The second kappa shape index (κ2) is 4.30. The molecule has 0 saturated carbocycles. The van der Waals surface area contributed by atoms with E-state index in [0.29, 0.717) is 6.04 Å². The van der Waals surface area contributed by atoms with Crippen molar-refractivity contribution in [2.75, 3.05) is 20.1 Å². The van der Waals surface area contributed by atoms with Gasteiger partial charge in [0.25, 0.3) is 0 Å². The highest BCUT2D eigenvalue weighted by Gasteiger charge is 2.17. The van der Waals surface area contributed by atoms with Crippen LogP contribution in [0.3, 0.4) is 0 Å². The van der Waals surface area contributed by atoms with Crippen LogP contribution >= 0.6 is 0 Å². The maximum absolute atomic E-state index is 10.8. The molecule has 0 radical (unpaired) electrons. The lowest BCUT2D eigenvalue weighted by Crippen LogP contribution is -2.37. The first-order valence-electron chi connectivity index (χ1n) is 4.45. The van der Waals surface area contributed by atoms with E-state index >= 15 is 0 Å². The zero-order valence-electron chi connectivity index (χ0n) is 7.55. The lowest BCUT2D eigenvalue weighted by atomic mass is 10.1. The van der Waals surface area contributed by atoms with Crippen molar-refractivity contribution in [3.63, 3.8) is 0 Å². The lowest BCUT2D eigenvalue weighted by Gasteiger charge is -2.17. The summed E-state index contributed by atoms with van der Waals surface area (Å²) in [6.45, 7) is 1.61. The Bertz CT molecular complexity index is 160. The summed E-state index contributed by atoms with van der Waals surface area (Å²) in [6, 6.07) is 0.265. The molecule has 1 heterocycles. The zero-order chi connectivity index (χ0) is 8.97. The molecule has 0 aliphatic carbocycles. The summed E-state index contributed by atoms with van der Waals surface area (Å²) in [7, 11) is 1.96. The van der Waals surface area contributed by atoms with E-state index in [4.69, 9.17) is 5.73 Å². The van der Waals surface area contributed by atoms with Crippen LogP contribution in [0.4, 0.5) is 4.79 Å². The summed E-state index contributed by atoms with van der Waals surface area (Å²) in [5.41, 5.74) is 5.19. The average molecular weight is 171 g/mol. The number of amides is 2. The van der Waals surface area contributed by atoms with Gasteiger partial charge in [-0.15, -0.1) is 0 Å². The van der Waals surface area contributed by atoms with Crippen molar-refractivity contribution in [1.29, 1.82) is 0 Å². The molecule has 1 saturated heterocycles. The fourth-order valence-electron chi connectivity index (χ4n) is 1.61. The highest BCUT2D eigenvalue weighted by atomic mass is 16.2. The Morgan fingerprint density at radius 2 is 2.25 bits per heavy atom. The number of carbonyl (C=O) groups is 1. The maximum Gasteiger partial charge on any atom is 0.314 e. The number of primary amides is 1. The quantitative estimate of drug-likeness (QED) is 0.589. The second-order valence-electron chi connectivity index (χ2n) is 3.24. The molecule has 0 aromatic carbocycles. The summed E-state index contributed by atoms with van der Waals surface area (Å²) in [5.74, 6) is 0. The van der Waals surface area contributed by atoms with Crippen molar-refractivity contribution >= 4 is 6.03 Å². The van der Waals surface area contributed by atoms with Crippen LogP contribution in [0.2, 0.25) is 0 Å². The predicted octanol–water partition coefficient (Wildman–Crippen LogP) is 0.139. The van der Waals surface area contributed by atoms with Gasteiger partial charge >= 0.3 is 6.03 Å². The Balaban J connectivity index is 2.39. The van der Waals surface area contributed by atoms with Gasteiger partial charge in [0, 0.05) is 19.1 Å². The van der Waals surface area contributed by atoms with Crippen LogP contribution in [-0.4, -0.2) is 37.1 Å². The number of hydrogen-bond acceptors (Lipinski definition) is 2. The number of nitrogens with two attached hydrogens (primary N) is 1. The van der Waals surface area contributed by atoms with Gasteiger partial charge in [-0.2, -0.15) is 0 Å². The molecule has 0 aromatic heterocycles. The van der Waals surface area contributed by atoms with Crippen molar-refractivity contribution in [2.45, 2.75) is 25.3 Å². The van der Waals surface area contributed by atoms with Crippen LogP contribution < -0.4 is 11.1 Å². The minimum absolute atomic E-state index is 0.285. The molecule has 1 aliphatic rings. The lowest BCUT2D eigenvalue weighted by molar-refractivity contribution is 0.209. The fraction of sp³-hybridized carbons (Fsp3) is 0.875. The Kier molecular flexibility index (Phi) is 3.34. The third-order valence-electron chi connectivity index (χ3n) is 2.45. The summed E-state index contributed by atoms with van der Waals surface area (Å²) < 4.78 is 0. The molecule has 0 bridgehead atoms. The van der Waals surface area contributed by atoms with Gasteiger partial charge in [-0.1, -0.05) is 0 Å². The minimum Gasteiger partial charge on any atom is -0.351 e. The molecule has 12 heavy (non-hydrogen) atoms. The number of rotatable bonds is 1. The summed E-state index contributed by atoms with van der Waals surface area (Å²) >= 11 is 0. The molecule has 4 heteroatoms. The first kappa shape index (κ1) is 9.32. The molecule has 1 atom stereocenters. The van der Waals surface area contributed by atoms with Crippen LogP contribution in [0.15, 0.2) is 0 Å². The highest BCUT2D eigenvalue weighted by Crippen LogP contribution is 2.09. The van der Waals surface area contributed by atoms with E-state index in [1.54, 1.807) is 4.90 Å². The van der Waals surface area contributed by atoms with Gasteiger partial charge < -0.3 is 16.0 Å². The second-order valence-corrected chi connectivity index (χ2v) is 3.24. The highest BCUT2D eigenvalue weighted by molar-refractivity contribution is 5.71. The summed E-state index contributed by atoms with van der Waals surface area (Å²) in [6.07, 6.45) is 3.20. The Hall–Kier alpha value is -0.770. The Morgan fingerprint density at radius 1 is 1.50 bits per heavy atom. The van der Waals surface area contributed by atoms with E-state index in [0.717, 1.165) is 32.4 Å². The van der Waals surface area contributed by atoms with E-state index in [9.17, 15) is 4.79 Å². The molecule has 1 fully saturated rings. The Labute approximate surface area is 73.1 Å². The molecule has 1 rings (SSSR count). The molecular formula is C8H17N3O. The van der Waals surface area contributed by atoms with E-state index in [2.05, 4.69) is 5.32 Å². The monoisotopic (exact) mass is 171 g/mol. The predicted molar refractivity (Wildman–Crippen MR) is 47.9 cm³/mol. The largest absolute Gasteiger partial charge is 0.351 e. The minimum atomic E-state index is -0.285. The van der Waals surface area contributed by atoms with Gasteiger partial charge in [-0.3, -0.25) is 0 Å². The van der Waals surface area contributed by atoms with Crippen molar-refractivity contribution in [2.24, 2.45) is 5.73 Å². The van der Waals surface area contributed by atoms with E-state index in [-0.39, 0.29) is 6.03 Å². The standard InChI is InChI=1S/C8H17N3O/c1-10-7-3-2-5-11(6-4-7)8(9)12/h7,10H,2-6H2,1H3,(H2,9,12). The van der Waals surface area contributed by atoms with Crippen molar-refractivity contribution in [1.82, 2.24) is 10.2 Å². The topological polar surface area (TPSA) is 58.4 Å². The number of hydrogen-bond donors (Lipinski definition) is 2. The first-order chi connectivity index (χ1) is 5.74. The molecule has 0 spiro atoms. The summed E-state index contributed by atoms with van der Waals surface area (Å²) in [4.78, 5) is 12.5. The Morgan fingerprint density at radius 3 is 2.83 bits per heavy atom. The van der Waals surface area contributed by atoms with Crippen LogP contribution in [0.25, 0.3) is 0 Å². The van der Waals surface area contributed by atoms with Crippen LogP contribution in [0, 0.1) is 0 Å². The third-order valence-corrected chi connectivity index (χ3v) is 2.45. The number of likely N-dealkylation sites (tertiary alicyclic amines) is 1. The molecule has 0 aromatic rings. The average Bonchev–Trinajstić information content (AvgIpc) is 2.28. The van der Waals surface area contributed by atoms with Crippen molar-refractivity contribution < 1.29 is 4.79 Å². The van der Waals surface area contributed by atoms with Crippen LogP contribution in [0.1, 0.15) is 19.3 Å². The van der Waals surface area contributed by atoms with Gasteiger partial charge in [0.2, 0.25) is 0 Å². The fourth-order valence-corrected chi connectivity index (χ4v) is 1.61. The van der Waals surface area contributed by atoms with Gasteiger partial charge in [0.15, 0.2) is 0 Å². The van der Waals surface area contributed by atoms with E-state index in [1.807, 2.05) is 7.05 Å². The van der Waals surface area contributed by atoms with Gasteiger partial charge in [0.1, 0.15) is 0 Å². The normalized spacial score (nSPS) is 25.1. The number of urea groups is 1. The molecule has 4 nitrogen and oxygen atoms in total. The first-order valence-corrected chi connectivity index (χ1v) is 4.45. The zero-order valence-corrected chi connectivity index (χ0v) is 7.55. The molecule has 70 valence electrons. The van der Waals surface area contributed by atoms with Gasteiger partial charge in [0.05, 0.1) is 0 Å². The molecule has 1 aliphatic heterocycles. The number of nitrogens with zero attached hydrogens (tertiary/aromatic N) is 1. The number of carbonyl (C=O) groups excluding carboxylic acids is 1. The number of nitrogens with one attached hydrogen (secondary N) is 1. The van der Waals surface area contributed by atoms with Crippen molar-refractivity contribution in [3.05, 3.63) is 0 Å².